The molecule has 2 aliphatic rings. The van der Waals surface area contributed by atoms with Gasteiger partial charge in [0.25, 0.3) is 0 Å². The third kappa shape index (κ3) is 4.02. The Hall–Kier alpha value is -1.06. The van der Waals surface area contributed by atoms with Crippen LogP contribution in [-0.4, -0.2) is 48.1 Å². The third-order valence-electron chi connectivity index (χ3n) is 4.87. The van der Waals surface area contributed by atoms with Crippen molar-refractivity contribution in [1.82, 2.24) is 9.80 Å². The molecule has 0 aliphatic carbocycles. The molecule has 0 spiro atoms. The number of para-hydroxylation sites is 1. The summed E-state index contributed by atoms with van der Waals surface area (Å²) >= 11 is 0. The second kappa shape index (κ2) is 7.47. The Kier molecular flexibility index (Phi) is 5.37. The molecule has 122 valence electrons. The lowest BCUT2D eigenvalue weighted by molar-refractivity contribution is 0.109. The molecule has 3 rings (SSSR count). The average Bonchev–Trinajstić information content (AvgIpc) is 3.03. The standard InChI is InChI=1S/C19H30N2O/c1-16(2)22-19-10-4-3-8-17(19)14-20-11-7-9-18(15-20)21-12-5-6-13-21/h3-4,8,10,16,18H,5-7,9,11-15H2,1-2H3. The van der Waals surface area contributed by atoms with E-state index in [-0.39, 0.29) is 6.10 Å². The molecule has 2 saturated heterocycles. The number of likely N-dealkylation sites (tertiary alicyclic amines) is 2. The van der Waals surface area contributed by atoms with Gasteiger partial charge in [0.1, 0.15) is 5.75 Å². The maximum Gasteiger partial charge on any atom is 0.124 e. The molecular formula is C19H30N2O. The highest BCUT2D eigenvalue weighted by atomic mass is 16.5. The van der Waals surface area contributed by atoms with Crippen LogP contribution in [0.2, 0.25) is 0 Å². The van der Waals surface area contributed by atoms with Gasteiger partial charge < -0.3 is 4.74 Å². The number of hydrogen-bond acceptors (Lipinski definition) is 3. The van der Waals surface area contributed by atoms with Gasteiger partial charge in [0, 0.05) is 24.7 Å². The Balaban J connectivity index is 1.62. The summed E-state index contributed by atoms with van der Waals surface area (Å²) in [7, 11) is 0. The molecule has 0 aromatic heterocycles. The first-order valence-corrected chi connectivity index (χ1v) is 8.93. The summed E-state index contributed by atoms with van der Waals surface area (Å²) in [5, 5.41) is 0. The van der Waals surface area contributed by atoms with E-state index >= 15 is 0 Å². The molecule has 1 aromatic carbocycles. The lowest BCUT2D eigenvalue weighted by Gasteiger charge is -2.37. The van der Waals surface area contributed by atoms with Crippen molar-refractivity contribution < 1.29 is 4.74 Å². The van der Waals surface area contributed by atoms with E-state index in [9.17, 15) is 0 Å². The third-order valence-corrected chi connectivity index (χ3v) is 4.87. The van der Waals surface area contributed by atoms with Gasteiger partial charge in [-0.05, 0) is 65.2 Å². The molecule has 0 bridgehead atoms. The number of rotatable bonds is 5. The zero-order valence-corrected chi connectivity index (χ0v) is 14.1. The van der Waals surface area contributed by atoms with Gasteiger partial charge >= 0.3 is 0 Å². The number of benzene rings is 1. The molecule has 1 unspecified atom stereocenters. The summed E-state index contributed by atoms with van der Waals surface area (Å²) in [6, 6.07) is 9.30. The number of hydrogen-bond donors (Lipinski definition) is 0. The van der Waals surface area contributed by atoms with Crippen molar-refractivity contribution in [3.8, 4) is 5.75 Å². The molecule has 3 nitrogen and oxygen atoms in total. The zero-order valence-electron chi connectivity index (χ0n) is 14.1. The van der Waals surface area contributed by atoms with Crippen molar-refractivity contribution in [3.63, 3.8) is 0 Å². The Bertz CT molecular complexity index is 468. The van der Waals surface area contributed by atoms with Crippen LogP contribution in [0, 0.1) is 0 Å². The predicted octanol–water partition coefficient (Wildman–Crippen LogP) is 3.53. The minimum atomic E-state index is 0.236. The molecule has 2 aliphatic heterocycles. The smallest absolute Gasteiger partial charge is 0.124 e. The highest BCUT2D eigenvalue weighted by Gasteiger charge is 2.27. The molecule has 0 saturated carbocycles. The molecular weight excluding hydrogens is 272 g/mol. The zero-order chi connectivity index (χ0) is 15.4. The Morgan fingerprint density at radius 1 is 1.09 bits per heavy atom. The highest BCUT2D eigenvalue weighted by molar-refractivity contribution is 5.33. The van der Waals surface area contributed by atoms with Gasteiger partial charge in [0.2, 0.25) is 0 Å². The molecule has 3 heteroatoms. The van der Waals surface area contributed by atoms with Gasteiger partial charge in [-0.2, -0.15) is 0 Å². The van der Waals surface area contributed by atoms with E-state index in [0.717, 1.165) is 18.3 Å². The van der Waals surface area contributed by atoms with E-state index in [0.29, 0.717) is 0 Å². The molecule has 2 heterocycles. The fourth-order valence-corrected chi connectivity index (χ4v) is 3.82. The van der Waals surface area contributed by atoms with Crippen molar-refractivity contribution >= 4 is 0 Å². The van der Waals surface area contributed by atoms with Gasteiger partial charge in [-0.25, -0.2) is 0 Å². The van der Waals surface area contributed by atoms with Gasteiger partial charge in [0.05, 0.1) is 6.10 Å². The monoisotopic (exact) mass is 302 g/mol. The van der Waals surface area contributed by atoms with Crippen molar-refractivity contribution in [2.24, 2.45) is 0 Å². The molecule has 2 fully saturated rings. The normalized spacial score (nSPS) is 24.0. The quantitative estimate of drug-likeness (QED) is 0.827. The number of nitrogens with zero attached hydrogens (tertiary/aromatic N) is 2. The van der Waals surface area contributed by atoms with Crippen molar-refractivity contribution in [2.45, 2.75) is 58.2 Å². The highest BCUT2D eigenvalue weighted by Crippen LogP contribution is 2.25. The Morgan fingerprint density at radius 2 is 1.86 bits per heavy atom. The first-order valence-electron chi connectivity index (χ1n) is 8.93. The van der Waals surface area contributed by atoms with Crippen LogP contribution in [0.4, 0.5) is 0 Å². The second-order valence-electron chi connectivity index (χ2n) is 7.05. The summed E-state index contributed by atoms with van der Waals surface area (Å²) in [4.78, 5) is 5.33. The first kappa shape index (κ1) is 15.8. The van der Waals surface area contributed by atoms with Gasteiger partial charge in [-0.1, -0.05) is 18.2 Å². The molecule has 1 atom stereocenters. The Morgan fingerprint density at radius 3 is 2.64 bits per heavy atom. The van der Waals surface area contributed by atoms with Gasteiger partial charge in [0.15, 0.2) is 0 Å². The van der Waals surface area contributed by atoms with E-state index in [1.807, 2.05) is 0 Å². The largest absolute Gasteiger partial charge is 0.491 e. The lowest BCUT2D eigenvalue weighted by Crippen LogP contribution is -2.46. The van der Waals surface area contributed by atoms with Crippen LogP contribution in [0.25, 0.3) is 0 Å². The second-order valence-corrected chi connectivity index (χ2v) is 7.05. The maximum absolute atomic E-state index is 5.98. The first-order chi connectivity index (χ1) is 10.7. The van der Waals surface area contributed by atoms with Crippen LogP contribution < -0.4 is 4.74 Å². The van der Waals surface area contributed by atoms with E-state index in [1.165, 1.54) is 57.4 Å². The lowest BCUT2D eigenvalue weighted by atomic mass is 10.0. The number of piperidine rings is 1. The summed E-state index contributed by atoms with van der Waals surface area (Å²) in [5.41, 5.74) is 1.33. The van der Waals surface area contributed by atoms with Crippen molar-refractivity contribution in [1.29, 1.82) is 0 Å². The molecule has 0 radical (unpaired) electrons. The van der Waals surface area contributed by atoms with Crippen LogP contribution in [0.15, 0.2) is 24.3 Å². The number of ether oxygens (including phenoxy) is 1. The predicted molar refractivity (Wildman–Crippen MR) is 91.3 cm³/mol. The van der Waals surface area contributed by atoms with E-state index in [2.05, 4.69) is 47.9 Å². The minimum Gasteiger partial charge on any atom is -0.491 e. The van der Waals surface area contributed by atoms with Crippen LogP contribution in [0.1, 0.15) is 45.1 Å². The summed E-state index contributed by atoms with van der Waals surface area (Å²) in [5.74, 6) is 1.06. The van der Waals surface area contributed by atoms with E-state index < -0.39 is 0 Å². The van der Waals surface area contributed by atoms with Crippen molar-refractivity contribution in [3.05, 3.63) is 29.8 Å². The SMILES string of the molecule is CC(C)Oc1ccccc1CN1CCCC(N2CCCC2)C1. The molecule has 0 N–H and O–H groups in total. The van der Waals surface area contributed by atoms with Gasteiger partial charge in [-0.3, -0.25) is 9.80 Å². The van der Waals surface area contributed by atoms with Crippen LogP contribution >= 0.6 is 0 Å². The summed E-state index contributed by atoms with van der Waals surface area (Å²) in [6.45, 7) is 10.3. The minimum absolute atomic E-state index is 0.236. The van der Waals surface area contributed by atoms with E-state index in [4.69, 9.17) is 4.74 Å². The van der Waals surface area contributed by atoms with Crippen molar-refractivity contribution in [2.75, 3.05) is 26.2 Å². The summed E-state index contributed by atoms with van der Waals surface area (Å²) < 4.78 is 5.98. The Labute approximate surface area is 135 Å². The van der Waals surface area contributed by atoms with Crippen LogP contribution in [-0.2, 0) is 6.54 Å². The fraction of sp³-hybridized carbons (Fsp3) is 0.684. The maximum atomic E-state index is 5.98. The molecule has 22 heavy (non-hydrogen) atoms. The fourth-order valence-electron chi connectivity index (χ4n) is 3.82. The topological polar surface area (TPSA) is 15.7 Å². The van der Waals surface area contributed by atoms with Crippen LogP contribution in [0.3, 0.4) is 0 Å². The van der Waals surface area contributed by atoms with E-state index in [1.54, 1.807) is 0 Å². The van der Waals surface area contributed by atoms with Crippen LogP contribution in [0.5, 0.6) is 5.75 Å². The average molecular weight is 302 g/mol. The molecule has 0 amide bonds. The van der Waals surface area contributed by atoms with Gasteiger partial charge in [-0.15, -0.1) is 0 Å². The molecule has 1 aromatic rings. The summed E-state index contributed by atoms with van der Waals surface area (Å²) in [6.07, 6.45) is 5.72.